The quantitative estimate of drug-likeness (QED) is 0.153. The van der Waals surface area contributed by atoms with E-state index in [0.717, 1.165) is 3.57 Å². The van der Waals surface area contributed by atoms with Crippen molar-refractivity contribution in [1.82, 2.24) is 0 Å². The van der Waals surface area contributed by atoms with Crippen molar-refractivity contribution in [3.63, 3.8) is 0 Å². The lowest BCUT2D eigenvalue weighted by Gasteiger charge is -2.12. The van der Waals surface area contributed by atoms with Crippen molar-refractivity contribution in [1.29, 1.82) is 0 Å². The van der Waals surface area contributed by atoms with Gasteiger partial charge in [0.2, 0.25) is 5.90 Å². The van der Waals surface area contributed by atoms with E-state index in [9.17, 15) is 9.59 Å². The maximum Gasteiger partial charge on any atom is 0.363 e. The summed E-state index contributed by atoms with van der Waals surface area (Å²) in [5.41, 5.74) is 1.48. The molecule has 0 fully saturated rings. The van der Waals surface area contributed by atoms with Crippen LogP contribution in [-0.2, 0) is 9.53 Å². The summed E-state index contributed by atoms with van der Waals surface area (Å²) in [4.78, 5) is 29.1. The highest BCUT2D eigenvalue weighted by molar-refractivity contribution is 14.1. The molecular formula is C24H14Cl2INO5. The number of carbonyl (C=O) groups excluding carboxylic acids is 2. The van der Waals surface area contributed by atoms with Gasteiger partial charge >= 0.3 is 11.9 Å². The SMILES string of the molecule is COc1cc(/C=C2\N=C(c3ccc(I)cc3)OC2=O)cc(Cl)c1OC(=O)c1ccccc1Cl. The molecule has 3 aromatic carbocycles. The lowest BCUT2D eigenvalue weighted by atomic mass is 10.1. The molecule has 0 N–H and O–H groups in total. The van der Waals surface area contributed by atoms with Crippen LogP contribution in [0.5, 0.6) is 11.5 Å². The van der Waals surface area contributed by atoms with Crippen LogP contribution in [0.2, 0.25) is 10.0 Å². The minimum atomic E-state index is -0.682. The summed E-state index contributed by atoms with van der Waals surface area (Å²) >= 11 is 14.6. The van der Waals surface area contributed by atoms with E-state index in [0.29, 0.717) is 11.1 Å². The van der Waals surface area contributed by atoms with Gasteiger partial charge in [-0.15, -0.1) is 0 Å². The van der Waals surface area contributed by atoms with Crippen molar-refractivity contribution in [2.24, 2.45) is 4.99 Å². The number of cyclic esters (lactones) is 1. The number of benzene rings is 3. The van der Waals surface area contributed by atoms with E-state index in [1.165, 1.54) is 19.3 Å². The van der Waals surface area contributed by atoms with Crippen LogP contribution in [0.25, 0.3) is 6.08 Å². The molecule has 0 radical (unpaired) electrons. The van der Waals surface area contributed by atoms with E-state index >= 15 is 0 Å². The number of carbonyl (C=O) groups is 2. The Morgan fingerprint density at radius 2 is 1.79 bits per heavy atom. The minimum Gasteiger partial charge on any atom is -0.493 e. The summed E-state index contributed by atoms with van der Waals surface area (Å²) in [6.45, 7) is 0. The molecule has 0 spiro atoms. The van der Waals surface area contributed by atoms with Crippen LogP contribution in [0.4, 0.5) is 0 Å². The zero-order valence-corrected chi connectivity index (χ0v) is 20.6. The molecule has 33 heavy (non-hydrogen) atoms. The molecule has 1 aliphatic rings. The van der Waals surface area contributed by atoms with E-state index < -0.39 is 11.9 Å². The minimum absolute atomic E-state index is 0.0308. The molecule has 0 unspecified atom stereocenters. The average Bonchev–Trinajstić information content (AvgIpc) is 3.16. The second-order valence-corrected chi connectivity index (χ2v) is 8.81. The molecule has 0 saturated heterocycles. The molecule has 1 aliphatic heterocycles. The molecule has 4 rings (SSSR count). The molecule has 6 nitrogen and oxygen atoms in total. The first-order valence-corrected chi connectivity index (χ1v) is 11.3. The molecule has 0 aromatic heterocycles. The van der Waals surface area contributed by atoms with Gasteiger partial charge in [0.1, 0.15) is 0 Å². The average molecular weight is 594 g/mol. The molecular weight excluding hydrogens is 580 g/mol. The fourth-order valence-corrected chi connectivity index (χ4v) is 3.81. The summed E-state index contributed by atoms with van der Waals surface area (Å²) < 4.78 is 17.1. The van der Waals surface area contributed by atoms with Crippen molar-refractivity contribution >= 4 is 69.7 Å². The Morgan fingerprint density at radius 3 is 2.48 bits per heavy atom. The number of ether oxygens (including phenoxy) is 3. The number of esters is 2. The molecule has 9 heteroatoms. The van der Waals surface area contributed by atoms with Gasteiger partial charge in [0.25, 0.3) is 0 Å². The number of aliphatic imine (C=N–C) groups is 1. The Morgan fingerprint density at radius 1 is 1.06 bits per heavy atom. The van der Waals surface area contributed by atoms with Crippen LogP contribution >= 0.6 is 45.8 Å². The van der Waals surface area contributed by atoms with Crippen molar-refractivity contribution in [3.8, 4) is 11.5 Å². The largest absolute Gasteiger partial charge is 0.493 e. The molecule has 0 aliphatic carbocycles. The van der Waals surface area contributed by atoms with Gasteiger partial charge in [-0.25, -0.2) is 14.6 Å². The van der Waals surface area contributed by atoms with Crippen LogP contribution in [0.3, 0.4) is 0 Å². The van der Waals surface area contributed by atoms with E-state index in [4.69, 9.17) is 37.4 Å². The topological polar surface area (TPSA) is 74.2 Å². The zero-order valence-electron chi connectivity index (χ0n) is 17.0. The smallest absolute Gasteiger partial charge is 0.363 e. The number of nitrogens with zero attached hydrogens (tertiary/aromatic N) is 1. The van der Waals surface area contributed by atoms with E-state index in [2.05, 4.69) is 27.6 Å². The first-order chi connectivity index (χ1) is 15.9. The summed E-state index contributed by atoms with van der Waals surface area (Å²) in [6.07, 6.45) is 1.51. The summed E-state index contributed by atoms with van der Waals surface area (Å²) in [5, 5.41) is 0.357. The lowest BCUT2D eigenvalue weighted by molar-refractivity contribution is -0.129. The Labute approximate surface area is 212 Å². The number of hydrogen-bond donors (Lipinski definition) is 0. The third kappa shape index (κ3) is 5.21. The zero-order chi connectivity index (χ0) is 23.5. The highest BCUT2D eigenvalue weighted by Crippen LogP contribution is 2.38. The summed E-state index contributed by atoms with van der Waals surface area (Å²) in [5.74, 6) is -0.830. The van der Waals surface area contributed by atoms with Gasteiger partial charge in [0.15, 0.2) is 17.2 Å². The first kappa shape index (κ1) is 23.3. The van der Waals surface area contributed by atoms with Gasteiger partial charge in [0, 0.05) is 9.13 Å². The lowest BCUT2D eigenvalue weighted by Crippen LogP contribution is -2.10. The number of hydrogen-bond acceptors (Lipinski definition) is 6. The third-order valence-corrected chi connectivity index (χ3v) is 5.88. The standard InChI is InChI=1S/C24H14Cl2INO5/c1-31-20-12-13(10-18(26)21(20)32-23(29)16-4-2-3-5-17(16)25)11-19-24(30)33-22(28-19)14-6-8-15(27)9-7-14/h2-12H,1H3/b19-11-. The monoisotopic (exact) mass is 593 g/mol. The normalized spacial score (nSPS) is 14.1. The van der Waals surface area contributed by atoms with Crippen LogP contribution in [-0.4, -0.2) is 24.9 Å². The number of halogens is 3. The maximum atomic E-state index is 12.5. The fraction of sp³-hybridized carbons (Fsp3) is 0.0417. The molecule has 1 heterocycles. The Kier molecular flexibility index (Phi) is 7.02. The van der Waals surface area contributed by atoms with Gasteiger partial charge in [0.05, 0.1) is 22.7 Å². The molecule has 166 valence electrons. The highest BCUT2D eigenvalue weighted by Gasteiger charge is 2.25. The van der Waals surface area contributed by atoms with Crippen LogP contribution in [0.15, 0.2) is 71.4 Å². The van der Waals surface area contributed by atoms with E-state index in [-0.39, 0.29) is 38.7 Å². The van der Waals surface area contributed by atoms with Crippen LogP contribution < -0.4 is 9.47 Å². The van der Waals surface area contributed by atoms with Gasteiger partial charge in [-0.2, -0.15) is 0 Å². The van der Waals surface area contributed by atoms with Gasteiger partial charge in [-0.1, -0.05) is 35.3 Å². The third-order valence-electron chi connectivity index (χ3n) is 4.56. The van der Waals surface area contributed by atoms with E-state index in [1.54, 1.807) is 30.3 Å². The van der Waals surface area contributed by atoms with Crippen molar-refractivity contribution in [3.05, 3.63) is 96.7 Å². The van der Waals surface area contributed by atoms with Crippen LogP contribution in [0.1, 0.15) is 21.5 Å². The maximum absolute atomic E-state index is 12.5. The Balaban J connectivity index is 1.63. The van der Waals surface area contributed by atoms with Crippen molar-refractivity contribution in [2.75, 3.05) is 7.11 Å². The fourth-order valence-electron chi connectivity index (χ4n) is 2.98. The van der Waals surface area contributed by atoms with Crippen molar-refractivity contribution < 1.29 is 23.8 Å². The second-order valence-electron chi connectivity index (χ2n) is 6.75. The second kappa shape index (κ2) is 9.94. The predicted octanol–water partition coefficient (Wildman–Crippen LogP) is 6.17. The van der Waals surface area contributed by atoms with E-state index in [1.807, 2.05) is 24.3 Å². The molecule has 0 bridgehead atoms. The summed E-state index contributed by atoms with van der Waals surface area (Å²) in [6, 6.07) is 17.0. The number of rotatable bonds is 5. The van der Waals surface area contributed by atoms with Gasteiger partial charge in [-0.3, -0.25) is 0 Å². The molecule has 0 saturated carbocycles. The summed E-state index contributed by atoms with van der Waals surface area (Å²) in [7, 11) is 1.41. The number of methoxy groups -OCH3 is 1. The van der Waals surface area contributed by atoms with Gasteiger partial charge < -0.3 is 14.2 Å². The predicted molar refractivity (Wildman–Crippen MR) is 134 cm³/mol. The Bertz CT molecular complexity index is 1320. The molecule has 0 amide bonds. The van der Waals surface area contributed by atoms with Crippen molar-refractivity contribution in [2.45, 2.75) is 0 Å². The first-order valence-electron chi connectivity index (χ1n) is 9.48. The van der Waals surface area contributed by atoms with Gasteiger partial charge in [-0.05, 0) is 82.8 Å². The van der Waals surface area contributed by atoms with Crippen LogP contribution in [0, 0.1) is 3.57 Å². The highest BCUT2D eigenvalue weighted by atomic mass is 127. The molecule has 3 aromatic rings. The molecule has 0 atom stereocenters. The Hall–Kier alpha value is -2.88.